The summed E-state index contributed by atoms with van der Waals surface area (Å²) in [6.45, 7) is 5.41. The summed E-state index contributed by atoms with van der Waals surface area (Å²) in [4.78, 5) is 14.7. The third-order valence-electron chi connectivity index (χ3n) is 4.74. The van der Waals surface area contributed by atoms with E-state index in [2.05, 4.69) is 18.2 Å². The van der Waals surface area contributed by atoms with Gasteiger partial charge in [-0.05, 0) is 56.2 Å². The summed E-state index contributed by atoms with van der Waals surface area (Å²) in [7, 11) is 0. The van der Waals surface area contributed by atoms with Crippen molar-refractivity contribution >= 4 is 22.2 Å². The molecule has 0 aliphatic heterocycles. The van der Waals surface area contributed by atoms with E-state index in [1.165, 1.54) is 41.7 Å². The number of thiophene rings is 1. The number of benzene rings is 1. The molecule has 0 unspecified atom stereocenters. The Labute approximate surface area is 142 Å². The van der Waals surface area contributed by atoms with E-state index in [1.807, 2.05) is 24.1 Å². The molecule has 122 valence electrons. The van der Waals surface area contributed by atoms with Crippen molar-refractivity contribution in [2.75, 3.05) is 18.8 Å². The maximum absolute atomic E-state index is 12.8. The molecule has 3 rings (SSSR count). The Morgan fingerprint density at radius 1 is 1.17 bits per heavy atom. The molecule has 0 bridgehead atoms. The number of nitrogens with zero attached hydrogens (tertiary/aromatic N) is 1. The zero-order valence-electron chi connectivity index (χ0n) is 13.9. The molecular formula is C19H24N2OS. The van der Waals surface area contributed by atoms with Crippen molar-refractivity contribution in [1.82, 2.24) is 4.90 Å². The van der Waals surface area contributed by atoms with Crippen LogP contribution in [0.5, 0.6) is 0 Å². The number of amides is 1. The quantitative estimate of drug-likeness (QED) is 0.906. The zero-order chi connectivity index (χ0) is 16.4. The highest BCUT2D eigenvalue weighted by atomic mass is 32.1. The molecule has 1 aromatic heterocycles. The van der Waals surface area contributed by atoms with E-state index in [1.54, 1.807) is 0 Å². The standard InChI is InChI=1S/C19H24N2OS/c1-3-21(4-2)19(22)17-16(12-23-18(17)20)15-10-9-13-7-5-6-8-14(13)11-15/h9-12H,3-8,20H2,1-2H3. The van der Waals surface area contributed by atoms with Crippen molar-refractivity contribution in [2.24, 2.45) is 0 Å². The molecule has 0 radical (unpaired) electrons. The number of nitrogens with two attached hydrogens (primary N) is 1. The zero-order valence-corrected chi connectivity index (χ0v) is 14.7. The van der Waals surface area contributed by atoms with Gasteiger partial charge in [0.05, 0.1) is 10.6 Å². The van der Waals surface area contributed by atoms with Crippen molar-refractivity contribution < 1.29 is 4.79 Å². The summed E-state index contributed by atoms with van der Waals surface area (Å²) in [5.74, 6) is 0.0430. The van der Waals surface area contributed by atoms with Gasteiger partial charge in [-0.2, -0.15) is 0 Å². The Bertz CT molecular complexity index is 716. The Kier molecular flexibility index (Phi) is 4.71. The molecule has 3 nitrogen and oxygen atoms in total. The van der Waals surface area contributed by atoms with E-state index in [4.69, 9.17) is 5.73 Å². The van der Waals surface area contributed by atoms with E-state index in [0.717, 1.165) is 17.5 Å². The first-order valence-corrected chi connectivity index (χ1v) is 9.32. The molecular weight excluding hydrogens is 304 g/mol. The lowest BCUT2D eigenvalue weighted by Crippen LogP contribution is -2.31. The van der Waals surface area contributed by atoms with Gasteiger partial charge in [0.25, 0.3) is 5.91 Å². The molecule has 1 heterocycles. The maximum Gasteiger partial charge on any atom is 0.257 e. The number of carbonyl (C=O) groups is 1. The van der Waals surface area contributed by atoms with Gasteiger partial charge in [0.15, 0.2) is 0 Å². The minimum absolute atomic E-state index is 0.0430. The number of rotatable bonds is 4. The van der Waals surface area contributed by atoms with Gasteiger partial charge in [0.2, 0.25) is 0 Å². The van der Waals surface area contributed by atoms with Gasteiger partial charge >= 0.3 is 0 Å². The monoisotopic (exact) mass is 328 g/mol. The second-order valence-electron chi connectivity index (χ2n) is 6.06. The number of hydrogen-bond acceptors (Lipinski definition) is 3. The maximum atomic E-state index is 12.8. The Morgan fingerprint density at radius 2 is 1.87 bits per heavy atom. The summed E-state index contributed by atoms with van der Waals surface area (Å²) < 4.78 is 0. The second-order valence-corrected chi connectivity index (χ2v) is 6.97. The van der Waals surface area contributed by atoms with Gasteiger partial charge in [-0.1, -0.05) is 18.2 Å². The first kappa shape index (κ1) is 16.1. The number of nitrogen functional groups attached to an aromatic ring is 1. The Hall–Kier alpha value is -1.81. The molecule has 1 aromatic carbocycles. The van der Waals surface area contributed by atoms with E-state index < -0.39 is 0 Å². The largest absolute Gasteiger partial charge is 0.390 e. The summed E-state index contributed by atoms with van der Waals surface area (Å²) in [5.41, 5.74) is 11.8. The fraction of sp³-hybridized carbons (Fsp3) is 0.421. The molecule has 0 fully saturated rings. The van der Waals surface area contributed by atoms with Crippen molar-refractivity contribution in [3.05, 3.63) is 40.3 Å². The van der Waals surface area contributed by atoms with Crippen molar-refractivity contribution in [3.63, 3.8) is 0 Å². The molecule has 0 saturated heterocycles. The van der Waals surface area contributed by atoms with Gasteiger partial charge in [-0.15, -0.1) is 11.3 Å². The average Bonchev–Trinajstić information content (AvgIpc) is 2.97. The van der Waals surface area contributed by atoms with Crippen molar-refractivity contribution in [3.8, 4) is 11.1 Å². The van der Waals surface area contributed by atoms with Gasteiger partial charge in [-0.25, -0.2) is 0 Å². The molecule has 4 heteroatoms. The summed E-state index contributed by atoms with van der Waals surface area (Å²) in [6, 6.07) is 6.63. The van der Waals surface area contributed by atoms with Gasteiger partial charge in [0.1, 0.15) is 0 Å². The topological polar surface area (TPSA) is 46.3 Å². The number of aryl methyl sites for hydroxylation is 2. The van der Waals surface area contributed by atoms with Gasteiger partial charge in [-0.3, -0.25) is 4.79 Å². The molecule has 1 aliphatic carbocycles. The lowest BCUT2D eigenvalue weighted by atomic mass is 9.89. The number of fused-ring (bicyclic) bond motifs is 1. The van der Waals surface area contributed by atoms with E-state index in [9.17, 15) is 4.79 Å². The molecule has 0 spiro atoms. The van der Waals surface area contributed by atoms with Gasteiger partial charge in [0, 0.05) is 24.0 Å². The van der Waals surface area contributed by atoms with Gasteiger partial charge < -0.3 is 10.6 Å². The fourth-order valence-electron chi connectivity index (χ4n) is 3.38. The highest BCUT2D eigenvalue weighted by Gasteiger charge is 2.23. The first-order valence-electron chi connectivity index (χ1n) is 8.44. The van der Waals surface area contributed by atoms with E-state index >= 15 is 0 Å². The lowest BCUT2D eigenvalue weighted by molar-refractivity contribution is 0.0775. The van der Waals surface area contributed by atoms with Crippen LogP contribution in [0.4, 0.5) is 5.00 Å². The average molecular weight is 328 g/mol. The molecule has 1 amide bonds. The normalized spacial score (nSPS) is 13.7. The van der Waals surface area contributed by atoms with Crippen LogP contribution in [-0.4, -0.2) is 23.9 Å². The Morgan fingerprint density at radius 3 is 2.57 bits per heavy atom. The van der Waals surface area contributed by atoms with Crippen LogP contribution in [0, 0.1) is 0 Å². The van der Waals surface area contributed by atoms with Crippen molar-refractivity contribution in [1.29, 1.82) is 0 Å². The smallest absolute Gasteiger partial charge is 0.257 e. The summed E-state index contributed by atoms with van der Waals surface area (Å²) in [6.07, 6.45) is 4.85. The molecule has 0 atom stereocenters. The molecule has 2 N–H and O–H groups in total. The number of anilines is 1. The minimum Gasteiger partial charge on any atom is -0.390 e. The highest BCUT2D eigenvalue weighted by Crippen LogP contribution is 2.36. The lowest BCUT2D eigenvalue weighted by Gasteiger charge is -2.20. The molecule has 23 heavy (non-hydrogen) atoms. The third-order valence-corrected chi connectivity index (χ3v) is 5.56. The molecule has 0 saturated carbocycles. The van der Waals surface area contributed by atoms with Crippen LogP contribution in [0.25, 0.3) is 11.1 Å². The highest BCUT2D eigenvalue weighted by molar-refractivity contribution is 7.15. The van der Waals surface area contributed by atoms with Crippen LogP contribution in [0.2, 0.25) is 0 Å². The van der Waals surface area contributed by atoms with Crippen LogP contribution < -0.4 is 5.73 Å². The summed E-state index contributed by atoms with van der Waals surface area (Å²) in [5, 5.41) is 2.64. The third kappa shape index (κ3) is 3.00. The molecule has 2 aromatic rings. The molecule has 1 aliphatic rings. The Balaban J connectivity index is 2.03. The fourth-order valence-corrected chi connectivity index (χ4v) is 4.19. The van der Waals surface area contributed by atoms with Crippen LogP contribution in [-0.2, 0) is 12.8 Å². The predicted molar refractivity (Wildman–Crippen MR) is 98.1 cm³/mol. The number of carbonyl (C=O) groups excluding carboxylic acids is 1. The predicted octanol–water partition coefficient (Wildman–Crippen LogP) is 4.36. The SMILES string of the molecule is CCN(CC)C(=O)c1c(-c2ccc3c(c2)CCCC3)csc1N. The van der Waals surface area contributed by atoms with E-state index in [0.29, 0.717) is 23.7 Å². The summed E-state index contributed by atoms with van der Waals surface area (Å²) >= 11 is 1.46. The van der Waals surface area contributed by atoms with Crippen LogP contribution >= 0.6 is 11.3 Å². The van der Waals surface area contributed by atoms with Crippen LogP contribution in [0.3, 0.4) is 0 Å². The second kappa shape index (κ2) is 6.75. The number of hydrogen-bond donors (Lipinski definition) is 1. The first-order chi connectivity index (χ1) is 11.2. The van der Waals surface area contributed by atoms with Crippen LogP contribution in [0.15, 0.2) is 23.6 Å². The van der Waals surface area contributed by atoms with E-state index in [-0.39, 0.29) is 5.91 Å². The van der Waals surface area contributed by atoms with Crippen LogP contribution in [0.1, 0.15) is 48.2 Å². The van der Waals surface area contributed by atoms with Crippen molar-refractivity contribution in [2.45, 2.75) is 39.5 Å². The minimum atomic E-state index is 0.0430.